The van der Waals surface area contributed by atoms with Gasteiger partial charge >= 0.3 is 0 Å². The lowest BCUT2D eigenvalue weighted by molar-refractivity contribution is 1.21. The van der Waals surface area contributed by atoms with Crippen molar-refractivity contribution in [2.75, 3.05) is 0 Å². The summed E-state index contributed by atoms with van der Waals surface area (Å²) in [5.74, 6) is 1.36. The first kappa shape index (κ1) is 24.1. The van der Waals surface area contributed by atoms with Gasteiger partial charge in [-0.05, 0) is 40.1 Å². The lowest BCUT2D eigenvalue weighted by Crippen LogP contribution is -1.96. The van der Waals surface area contributed by atoms with Crippen molar-refractivity contribution >= 4 is 64.1 Å². The largest absolute Gasteiger partial charge is 0.236 e. The molecule has 5 heteroatoms. The molecule has 0 amide bonds. The summed E-state index contributed by atoms with van der Waals surface area (Å²) >= 11 is 1.84. The molecule has 0 atom stereocenters. The van der Waals surface area contributed by atoms with Gasteiger partial charge in [0.1, 0.15) is 11.0 Å². The molecule has 0 N–H and O–H groups in total. The number of fused-ring (bicyclic) bond motifs is 9. The van der Waals surface area contributed by atoms with Crippen molar-refractivity contribution in [3.8, 4) is 33.9 Å². The SMILES string of the molecule is c1ccc(-c2ncc3c4ccccc4c4cnc(-c5cccc(-c6ccc7c(c6)sc6ccccc67)c5)nc4c3n2)cc1. The van der Waals surface area contributed by atoms with E-state index in [9.17, 15) is 0 Å². The summed E-state index contributed by atoms with van der Waals surface area (Å²) in [5.41, 5.74) is 5.92. The Morgan fingerprint density at radius 1 is 0.372 bits per heavy atom. The quantitative estimate of drug-likeness (QED) is 0.200. The standard InChI is InChI=1S/C38H22N4S/c1-2-9-23(10-3-1)37-39-21-31-27-13-4-5-14-28(27)32-22-40-38(42-36(32)35(31)41-37)26-12-8-11-24(19-26)25-17-18-30-29-15-6-7-16-33(29)43-34(30)20-25/h1-22H. The third kappa shape index (κ3) is 3.90. The highest BCUT2D eigenvalue weighted by Crippen LogP contribution is 2.38. The lowest BCUT2D eigenvalue weighted by atomic mass is 10.00. The van der Waals surface area contributed by atoms with E-state index in [-0.39, 0.29) is 0 Å². The smallest absolute Gasteiger partial charge is 0.159 e. The Morgan fingerprint density at radius 2 is 0.930 bits per heavy atom. The first-order chi connectivity index (χ1) is 21.3. The van der Waals surface area contributed by atoms with Gasteiger partial charge in [0.2, 0.25) is 0 Å². The maximum Gasteiger partial charge on any atom is 0.159 e. The van der Waals surface area contributed by atoms with E-state index in [1.807, 2.05) is 54.1 Å². The molecular weight excluding hydrogens is 545 g/mol. The average molecular weight is 567 g/mol. The van der Waals surface area contributed by atoms with Crippen molar-refractivity contribution in [1.82, 2.24) is 19.9 Å². The Hall–Kier alpha value is -5.52. The highest BCUT2D eigenvalue weighted by Gasteiger charge is 2.15. The third-order valence-corrected chi connectivity index (χ3v) is 9.31. The fourth-order valence-corrected chi connectivity index (χ4v) is 7.23. The van der Waals surface area contributed by atoms with Gasteiger partial charge in [-0.2, -0.15) is 0 Å². The summed E-state index contributed by atoms with van der Waals surface area (Å²) < 4.78 is 2.60. The molecular formula is C38H22N4S. The van der Waals surface area contributed by atoms with Crippen molar-refractivity contribution in [3.63, 3.8) is 0 Å². The van der Waals surface area contributed by atoms with Crippen molar-refractivity contribution < 1.29 is 0 Å². The predicted molar refractivity (Wildman–Crippen MR) is 179 cm³/mol. The van der Waals surface area contributed by atoms with Gasteiger partial charge in [0.15, 0.2) is 11.6 Å². The molecule has 6 aromatic carbocycles. The maximum atomic E-state index is 5.17. The maximum absolute atomic E-state index is 5.17. The van der Waals surface area contributed by atoms with E-state index < -0.39 is 0 Å². The number of hydrogen-bond donors (Lipinski definition) is 0. The Balaban J connectivity index is 1.22. The van der Waals surface area contributed by atoms with Gasteiger partial charge in [-0.15, -0.1) is 11.3 Å². The van der Waals surface area contributed by atoms with Crippen LogP contribution in [0.15, 0.2) is 134 Å². The minimum absolute atomic E-state index is 0.675. The monoisotopic (exact) mass is 566 g/mol. The molecule has 0 aliphatic heterocycles. The van der Waals surface area contributed by atoms with Crippen LogP contribution >= 0.6 is 11.3 Å². The molecule has 9 aromatic rings. The molecule has 0 aliphatic carbocycles. The minimum Gasteiger partial charge on any atom is -0.236 e. The zero-order valence-corrected chi connectivity index (χ0v) is 23.7. The van der Waals surface area contributed by atoms with Crippen molar-refractivity contribution in [1.29, 1.82) is 0 Å². The van der Waals surface area contributed by atoms with E-state index in [0.717, 1.165) is 49.3 Å². The Morgan fingerprint density at radius 3 is 1.67 bits per heavy atom. The van der Waals surface area contributed by atoms with Crippen LogP contribution in [0.25, 0.3) is 86.7 Å². The van der Waals surface area contributed by atoms with Gasteiger partial charge in [-0.25, -0.2) is 19.9 Å². The highest BCUT2D eigenvalue weighted by molar-refractivity contribution is 7.25. The fourth-order valence-electron chi connectivity index (χ4n) is 6.08. The highest BCUT2D eigenvalue weighted by atomic mass is 32.1. The number of hydrogen-bond acceptors (Lipinski definition) is 5. The van der Waals surface area contributed by atoms with Crippen LogP contribution in [0.1, 0.15) is 0 Å². The van der Waals surface area contributed by atoms with Crippen LogP contribution in [-0.4, -0.2) is 19.9 Å². The normalized spacial score (nSPS) is 11.7. The molecule has 0 bridgehead atoms. The van der Waals surface area contributed by atoms with Gasteiger partial charge in [0.25, 0.3) is 0 Å². The molecule has 0 radical (unpaired) electrons. The first-order valence-corrected chi connectivity index (χ1v) is 15.0. The Labute approximate surface area is 251 Å². The minimum atomic E-state index is 0.675. The summed E-state index contributed by atoms with van der Waals surface area (Å²) in [6.07, 6.45) is 3.87. The van der Waals surface area contributed by atoms with Crippen LogP contribution in [-0.2, 0) is 0 Å². The van der Waals surface area contributed by atoms with Crippen LogP contribution < -0.4 is 0 Å². The zero-order chi connectivity index (χ0) is 28.3. The Kier molecular flexibility index (Phi) is 5.33. The van der Waals surface area contributed by atoms with Crippen molar-refractivity contribution in [2.24, 2.45) is 0 Å². The summed E-state index contributed by atoms with van der Waals surface area (Å²) in [4.78, 5) is 19.9. The number of benzene rings is 6. The average Bonchev–Trinajstić information content (AvgIpc) is 3.46. The van der Waals surface area contributed by atoms with Gasteiger partial charge in [0.05, 0.1) is 0 Å². The van der Waals surface area contributed by atoms with Crippen LogP contribution in [0.2, 0.25) is 0 Å². The summed E-state index contributed by atoms with van der Waals surface area (Å²) in [6.45, 7) is 0. The van der Waals surface area contributed by atoms with Crippen molar-refractivity contribution in [3.05, 3.63) is 134 Å². The molecule has 0 unspecified atom stereocenters. The molecule has 0 aliphatic rings. The second-order valence-corrected chi connectivity index (χ2v) is 11.8. The second kappa shape index (κ2) is 9.51. The van der Waals surface area contributed by atoms with Gasteiger partial charge < -0.3 is 0 Å². The van der Waals surface area contributed by atoms with Crippen molar-refractivity contribution in [2.45, 2.75) is 0 Å². The fraction of sp³-hybridized carbons (Fsp3) is 0. The van der Waals surface area contributed by atoms with E-state index in [1.165, 1.54) is 25.7 Å². The van der Waals surface area contributed by atoms with E-state index in [1.54, 1.807) is 0 Å². The van der Waals surface area contributed by atoms with E-state index in [4.69, 9.17) is 19.9 Å². The predicted octanol–water partition coefficient (Wildman–Crippen LogP) is 10.1. The van der Waals surface area contributed by atoms with Gasteiger partial charge in [-0.1, -0.05) is 103 Å². The Bertz CT molecular complexity index is 2520. The second-order valence-electron chi connectivity index (χ2n) is 10.7. The molecule has 9 rings (SSSR count). The molecule has 200 valence electrons. The molecule has 0 fully saturated rings. The summed E-state index contributed by atoms with van der Waals surface area (Å²) in [7, 11) is 0. The summed E-state index contributed by atoms with van der Waals surface area (Å²) in [6, 6.07) is 42.3. The van der Waals surface area contributed by atoms with E-state index >= 15 is 0 Å². The summed E-state index contributed by atoms with van der Waals surface area (Å²) in [5, 5.41) is 6.77. The molecule has 3 heterocycles. The number of thiophene rings is 1. The zero-order valence-electron chi connectivity index (χ0n) is 22.9. The van der Waals surface area contributed by atoms with Gasteiger partial charge in [-0.3, -0.25) is 0 Å². The number of rotatable bonds is 3. The molecule has 0 saturated heterocycles. The van der Waals surface area contributed by atoms with Crippen LogP contribution in [0.4, 0.5) is 0 Å². The molecule has 3 aromatic heterocycles. The van der Waals surface area contributed by atoms with E-state index in [2.05, 4.69) is 91.0 Å². The van der Waals surface area contributed by atoms with Gasteiger partial charge in [0, 0.05) is 54.5 Å². The molecule has 0 spiro atoms. The number of aromatic nitrogens is 4. The van der Waals surface area contributed by atoms with Crippen LogP contribution in [0, 0.1) is 0 Å². The molecule has 0 saturated carbocycles. The van der Waals surface area contributed by atoms with Crippen LogP contribution in [0.3, 0.4) is 0 Å². The number of nitrogens with zero attached hydrogens (tertiary/aromatic N) is 4. The first-order valence-electron chi connectivity index (χ1n) is 14.2. The van der Waals surface area contributed by atoms with Crippen LogP contribution in [0.5, 0.6) is 0 Å². The molecule has 43 heavy (non-hydrogen) atoms. The van der Waals surface area contributed by atoms with E-state index in [0.29, 0.717) is 11.6 Å². The topological polar surface area (TPSA) is 51.6 Å². The molecule has 4 nitrogen and oxygen atoms in total. The third-order valence-electron chi connectivity index (χ3n) is 8.17. The lowest BCUT2D eigenvalue weighted by Gasteiger charge is -2.11.